The van der Waals surface area contributed by atoms with E-state index >= 15 is 0 Å². The van der Waals surface area contributed by atoms with Crippen molar-refractivity contribution in [2.45, 2.75) is 44.9 Å². The third kappa shape index (κ3) is 2.62. The number of rotatable bonds is 2. The molecule has 3 fully saturated rings. The molecule has 0 saturated carbocycles. The molecule has 0 unspecified atom stereocenters. The largest absolute Gasteiger partial charge is 0.376 e. The van der Waals surface area contributed by atoms with Crippen molar-refractivity contribution in [3.63, 3.8) is 0 Å². The number of ether oxygens (including phenoxy) is 1. The highest BCUT2D eigenvalue weighted by atomic mass is 32.2. The van der Waals surface area contributed by atoms with Crippen molar-refractivity contribution in [3.05, 3.63) is 0 Å². The molecule has 0 N–H and O–H groups in total. The maximum Gasteiger partial charge on any atom is 0.282 e. The highest BCUT2D eigenvalue weighted by Gasteiger charge is 2.42. The van der Waals surface area contributed by atoms with Crippen molar-refractivity contribution in [2.75, 3.05) is 39.3 Å². The monoisotopic (exact) mass is 303 g/mol. The SMILES string of the molecule is C[C@@H]1CN(S(=O)(=O)N2C[C@H]3CCCN3C[C@@H]2C)CCO1. The average molecular weight is 303 g/mol. The Balaban J connectivity index is 1.76. The minimum absolute atomic E-state index is 0.0124. The first kappa shape index (κ1) is 14.7. The Kier molecular flexibility index (Phi) is 4.07. The molecule has 0 bridgehead atoms. The third-order valence-electron chi connectivity index (χ3n) is 4.71. The molecular weight excluding hydrogens is 278 g/mol. The normalized spacial score (nSPS) is 38.0. The summed E-state index contributed by atoms with van der Waals surface area (Å²) in [4.78, 5) is 2.44. The van der Waals surface area contributed by atoms with Gasteiger partial charge < -0.3 is 4.74 Å². The third-order valence-corrected chi connectivity index (χ3v) is 6.79. The van der Waals surface area contributed by atoms with Crippen molar-refractivity contribution < 1.29 is 13.2 Å². The van der Waals surface area contributed by atoms with Gasteiger partial charge in [-0.3, -0.25) is 4.90 Å². The summed E-state index contributed by atoms with van der Waals surface area (Å²) < 4.78 is 34.5. The van der Waals surface area contributed by atoms with E-state index < -0.39 is 10.2 Å². The van der Waals surface area contributed by atoms with Gasteiger partial charge in [0, 0.05) is 38.3 Å². The molecule has 20 heavy (non-hydrogen) atoms. The fourth-order valence-electron chi connectivity index (χ4n) is 3.63. The fraction of sp³-hybridized carbons (Fsp3) is 1.00. The zero-order valence-corrected chi connectivity index (χ0v) is 13.2. The van der Waals surface area contributed by atoms with Gasteiger partial charge in [0.25, 0.3) is 10.2 Å². The molecule has 6 nitrogen and oxygen atoms in total. The molecule has 3 rings (SSSR count). The van der Waals surface area contributed by atoms with E-state index in [2.05, 4.69) is 4.90 Å². The van der Waals surface area contributed by atoms with E-state index in [0.717, 1.165) is 19.5 Å². The maximum absolute atomic E-state index is 12.9. The van der Waals surface area contributed by atoms with E-state index in [-0.39, 0.29) is 12.1 Å². The van der Waals surface area contributed by atoms with Crippen LogP contribution in [0, 0.1) is 0 Å². The van der Waals surface area contributed by atoms with E-state index in [1.807, 2.05) is 13.8 Å². The lowest BCUT2D eigenvalue weighted by atomic mass is 10.1. The van der Waals surface area contributed by atoms with Crippen LogP contribution < -0.4 is 0 Å². The predicted octanol–water partition coefficient (Wildman–Crippen LogP) is 0.120. The lowest BCUT2D eigenvalue weighted by Gasteiger charge is -2.44. The summed E-state index contributed by atoms with van der Waals surface area (Å²) in [5.74, 6) is 0. The van der Waals surface area contributed by atoms with Crippen LogP contribution in [0.15, 0.2) is 0 Å². The second-order valence-electron chi connectivity index (χ2n) is 6.26. The van der Waals surface area contributed by atoms with Gasteiger partial charge in [-0.1, -0.05) is 0 Å². The molecule has 7 heteroatoms. The van der Waals surface area contributed by atoms with Gasteiger partial charge in [-0.25, -0.2) is 0 Å². The first-order chi connectivity index (χ1) is 9.48. The molecule has 3 heterocycles. The van der Waals surface area contributed by atoms with Crippen LogP contribution in [0.25, 0.3) is 0 Å². The van der Waals surface area contributed by atoms with Crippen LogP contribution in [-0.4, -0.2) is 79.4 Å². The molecule has 3 saturated heterocycles. The van der Waals surface area contributed by atoms with Gasteiger partial charge in [0.15, 0.2) is 0 Å². The zero-order chi connectivity index (χ0) is 14.3. The first-order valence-corrected chi connectivity index (χ1v) is 9.01. The molecule has 0 amide bonds. The van der Waals surface area contributed by atoms with Crippen molar-refractivity contribution in [1.82, 2.24) is 13.5 Å². The summed E-state index contributed by atoms with van der Waals surface area (Å²) in [5.41, 5.74) is 0. The van der Waals surface area contributed by atoms with Crippen molar-refractivity contribution in [2.24, 2.45) is 0 Å². The van der Waals surface area contributed by atoms with Crippen LogP contribution in [0.3, 0.4) is 0 Å². The molecule has 116 valence electrons. The van der Waals surface area contributed by atoms with Crippen LogP contribution in [0.1, 0.15) is 26.7 Å². The molecular formula is C13H25N3O3S. The van der Waals surface area contributed by atoms with E-state index in [0.29, 0.717) is 32.3 Å². The summed E-state index contributed by atoms with van der Waals surface area (Å²) in [6, 6.07) is 0.479. The summed E-state index contributed by atoms with van der Waals surface area (Å²) in [7, 11) is -3.35. The van der Waals surface area contributed by atoms with Crippen LogP contribution in [0.4, 0.5) is 0 Å². The number of fused-ring (bicyclic) bond motifs is 1. The number of hydrogen-bond donors (Lipinski definition) is 0. The Morgan fingerprint density at radius 2 is 1.90 bits per heavy atom. The van der Waals surface area contributed by atoms with Gasteiger partial charge in [0.05, 0.1) is 12.7 Å². The maximum atomic E-state index is 12.9. The molecule has 0 aliphatic carbocycles. The Morgan fingerprint density at radius 1 is 1.10 bits per heavy atom. The van der Waals surface area contributed by atoms with Gasteiger partial charge in [0.1, 0.15) is 0 Å². The Morgan fingerprint density at radius 3 is 2.65 bits per heavy atom. The van der Waals surface area contributed by atoms with E-state index in [1.54, 1.807) is 8.61 Å². The minimum Gasteiger partial charge on any atom is -0.376 e. The number of piperazine rings is 1. The van der Waals surface area contributed by atoms with Crippen LogP contribution in [0.2, 0.25) is 0 Å². The molecule has 0 radical (unpaired) electrons. The zero-order valence-electron chi connectivity index (χ0n) is 12.4. The summed E-state index contributed by atoms with van der Waals surface area (Å²) in [5, 5.41) is 0. The van der Waals surface area contributed by atoms with Crippen LogP contribution in [0.5, 0.6) is 0 Å². The van der Waals surface area contributed by atoms with Gasteiger partial charge in [0.2, 0.25) is 0 Å². The molecule has 0 aromatic carbocycles. The second kappa shape index (κ2) is 5.53. The second-order valence-corrected chi connectivity index (χ2v) is 8.14. The first-order valence-electron chi connectivity index (χ1n) is 7.61. The van der Waals surface area contributed by atoms with Crippen LogP contribution >= 0.6 is 0 Å². The molecule has 3 aliphatic heterocycles. The molecule has 0 aromatic rings. The summed E-state index contributed by atoms with van der Waals surface area (Å²) in [6.45, 7) is 8.04. The van der Waals surface area contributed by atoms with Crippen molar-refractivity contribution in [3.8, 4) is 0 Å². The van der Waals surface area contributed by atoms with E-state index in [1.165, 1.54) is 6.42 Å². The number of nitrogens with zero attached hydrogens (tertiary/aromatic N) is 3. The van der Waals surface area contributed by atoms with Gasteiger partial charge >= 0.3 is 0 Å². The fourth-order valence-corrected chi connectivity index (χ4v) is 5.51. The molecule has 3 aliphatic rings. The Labute approximate surface area is 121 Å². The molecule has 3 atom stereocenters. The Bertz CT molecular complexity index is 456. The molecule has 0 aromatic heterocycles. The van der Waals surface area contributed by atoms with Crippen LogP contribution in [-0.2, 0) is 14.9 Å². The van der Waals surface area contributed by atoms with Gasteiger partial charge in [-0.2, -0.15) is 17.0 Å². The lowest BCUT2D eigenvalue weighted by molar-refractivity contribution is 0.00610. The van der Waals surface area contributed by atoms with Crippen molar-refractivity contribution in [1.29, 1.82) is 0 Å². The lowest BCUT2D eigenvalue weighted by Crippen LogP contribution is -2.61. The Hall–Kier alpha value is -0.210. The number of hydrogen-bond acceptors (Lipinski definition) is 4. The topological polar surface area (TPSA) is 53.1 Å². The van der Waals surface area contributed by atoms with E-state index in [9.17, 15) is 8.42 Å². The van der Waals surface area contributed by atoms with E-state index in [4.69, 9.17) is 4.74 Å². The quantitative estimate of drug-likeness (QED) is 0.727. The predicted molar refractivity (Wildman–Crippen MR) is 76.7 cm³/mol. The summed E-state index contributed by atoms with van der Waals surface area (Å²) in [6.07, 6.45) is 2.31. The standard InChI is InChI=1S/C13H25N3O3S/c1-11-8-14-5-3-4-13(14)10-16(11)20(17,18)15-6-7-19-12(2)9-15/h11-13H,3-10H2,1-2H3/t11-,12+,13+/m0/s1. The smallest absolute Gasteiger partial charge is 0.282 e. The molecule has 0 spiro atoms. The minimum atomic E-state index is -3.35. The van der Waals surface area contributed by atoms with Crippen molar-refractivity contribution >= 4 is 10.2 Å². The summed E-state index contributed by atoms with van der Waals surface area (Å²) >= 11 is 0. The van der Waals surface area contributed by atoms with Gasteiger partial charge in [-0.15, -0.1) is 0 Å². The van der Waals surface area contributed by atoms with Gasteiger partial charge in [-0.05, 0) is 33.2 Å². The number of morpholine rings is 1. The highest BCUT2D eigenvalue weighted by molar-refractivity contribution is 7.86. The highest BCUT2D eigenvalue weighted by Crippen LogP contribution is 2.28. The average Bonchev–Trinajstić information content (AvgIpc) is 2.84.